The molecule has 4 nitrogen and oxygen atoms in total. The van der Waals surface area contributed by atoms with E-state index < -0.39 is 10.7 Å². The lowest BCUT2D eigenvalue weighted by Crippen LogP contribution is -2.06. The minimum Gasteiger partial charge on any atom is -0.376 e. The average Bonchev–Trinajstić information content (AvgIpc) is 2.85. The summed E-state index contributed by atoms with van der Waals surface area (Å²) in [6.45, 7) is 2.06. The number of nitro benzene ring substituents is 1. The van der Waals surface area contributed by atoms with Gasteiger partial charge in [0.05, 0.1) is 11.0 Å². The number of nitro groups is 1. The van der Waals surface area contributed by atoms with Crippen molar-refractivity contribution < 1.29 is 9.31 Å². The van der Waals surface area contributed by atoms with Gasteiger partial charge in [-0.3, -0.25) is 10.1 Å². The van der Waals surface area contributed by atoms with Crippen LogP contribution in [0, 0.1) is 21.8 Å². The first-order chi connectivity index (χ1) is 7.08. The maximum atomic E-state index is 12.8. The van der Waals surface area contributed by atoms with Crippen LogP contribution in [0.2, 0.25) is 0 Å². The van der Waals surface area contributed by atoms with Gasteiger partial charge in [0.2, 0.25) is 0 Å². The molecule has 0 spiro atoms. The van der Waals surface area contributed by atoms with Gasteiger partial charge in [-0.2, -0.15) is 0 Å². The van der Waals surface area contributed by atoms with Crippen molar-refractivity contribution in [1.82, 2.24) is 0 Å². The van der Waals surface area contributed by atoms with Gasteiger partial charge in [-0.25, -0.2) is 4.39 Å². The Morgan fingerprint density at radius 3 is 2.80 bits per heavy atom. The molecule has 0 bridgehead atoms. The SMILES string of the molecule is CC1CC1Nc1ccc(F)cc1[N+](=O)[O-]. The molecule has 0 aromatic heterocycles. The van der Waals surface area contributed by atoms with Crippen LogP contribution in [0.1, 0.15) is 13.3 Å². The zero-order valence-corrected chi connectivity index (χ0v) is 8.24. The summed E-state index contributed by atoms with van der Waals surface area (Å²) >= 11 is 0. The molecule has 2 atom stereocenters. The third-order valence-corrected chi connectivity index (χ3v) is 2.61. The van der Waals surface area contributed by atoms with E-state index in [-0.39, 0.29) is 11.7 Å². The number of halogens is 1. The maximum absolute atomic E-state index is 12.8. The summed E-state index contributed by atoms with van der Waals surface area (Å²) in [5.74, 6) is -0.0502. The summed E-state index contributed by atoms with van der Waals surface area (Å²) in [6.07, 6.45) is 1.01. The fourth-order valence-corrected chi connectivity index (χ4v) is 1.50. The second kappa shape index (κ2) is 3.49. The molecule has 0 aliphatic heterocycles. The van der Waals surface area contributed by atoms with Gasteiger partial charge >= 0.3 is 0 Å². The van der Waals surface area contributed by atoms with Crippen molar-refractivity contribution in [3.05, 3.63) is 34.1 Å². The summed E-state index contributed by atoms with van der Waals surface area (Å²) in [4.78, 5) is 10.1. The smallest absolute Gasteiger partial charge is 0.295 e. The quantitative estimate of drug-likeness (QED) is 0.616. The Hall–Kier alpha value is -1.65. The maximum Gasteiger partial charge on any atom is 0.295 e. The van der Waals surface area contributed by atoms with Gasteiger partial charge < -0.3 is 5.32 Å². The van der Waals surface area contributed by atoms with Gasteiger partial charge in [0, 0.05) is 6.04 Å². The number of benzene rings is 1. The highest BCUT2D eigenvalue weighted by Gasteiger charge is 2.33. The van der Waals surface area contributed by atoms with E-state index in [4.69, 9.17) is 0 Å². The predicted molar refractivity (Wildman–Crippen MR) is 54.2 cm³/mol. The highest BCUT2D eigenvalue weighted by molar-refractivity contribution is 5.62. The van der Waals surface area contributed by atoms with Crippen molar-refractivity contribution in [3.63, 3.8) is 0 Å². The molecule has 1 aliphatic carbocycles. The first kappa shape index (κ1) is 9.89. The zero-order valence-electron chi connectivity index (χ0n) is 8.24. The van der Waals surface area contributed by atoms with Crippen LogP contribution < -0.4 is 5.32 Å². The van der Waals surface area contributed by atoms with Gasteiger partial charge in [-0.05, 0) is 24.5 Å². The van der Waals surface area contributed by atoms with Gasteiger partial charge in [-0.15, -0.1) is 0 Å². The van der Waals surface area contributed by atoms with Crippen LogP contribution in [0.15, 0.2) is 18.2 Å². The van der Waals surface area contributed by atoms with Crippen LogP contribution in [0.3, 0.4) is 0 Å². The van der Waals surface area contributed by atoms with E-state index in [1.165, 1.54) is 12.1 Å². The first-order valence-corrected chi connectivity index (χ1v) is 4.78. The number of hydrogen-bond donors (Lipinski definition) is 1. The Kier molecular flexibility index (Phi) is 2.30. The highest BCUT2D eigenvalue weighted by Crippen LogP contribution is 2.35. The van der Waals surface area contributed by atoms with Crippen LogP contribution >= 0.6 is 0 Å². The van der Waals surface area contributed by atoms with Crippen molar-refractivity contribution in [2.24, 2.45) is 5.92 Å². The Balaban J connectivity index is 2.25. The Morgan fingerprint density at radius 2 is 2.27 bits per heavy atom. The third-order valence-electron chi connectivity index (χ3n) is 2.61. The Labute approximate surface area is 86.3 Å². The largest absolute Gasteiger partial charge is 0.376 e. The molecule has 15 heavy (non-hydrogen) atoms. The fourth-order valence-electron chi connectivity index (χ4n) is 1.50. The molecule has 80 valence electrons. The average molecular weight is 210 g/mol. The summed E-state index contributed by atoms with van der Waals surface area (Å²) in [5, 5.41) is 13.7. The molecule has 1 aromatic rings. The Morgan fingerprint density at radius 1 is 1.60 bits per heavy atom. The lowest BCUT2D eigenvalue weighted by Gasteiger charge is -2.05. The molecule has 0 saturated heterocycles. The van der Waals surface area contributed by atoms with Crippen molar-refractivity contribution in [2.75, 3.05) is 5.32 Å². The second-order valence-electron chi connectivity index (χ2n) is 3.88. The number of hydrogen-bond acceptors (Lipinski definition) is 3. The van der Waals surface area contributed by atoms with Crippen molar-refractivity contribution in [1.29, 1.82) is 0 Å². The van der Waals surface area contributed by atoms with E-state index in [0.29, 0.717) is 11.6 Å². The first-order valence-electron chi connectivity index (χ1n) is 4.78. The summed E-state index contributed by atoms with van der Waals surface area (Å²) in [6, 6.07) is 3.87. The molecule has 0 amide bonds. The minimum atomic E-state index is -0.587. The minimum absolute atomic E-state index is 0.200. The van der Waals surface area contributed by atoms with E-state index in [1.807, 2.05) is 0 Å². The van der Waals surface area contributed by atoms with E-state index in [9.17, 15) is 14.5 Å². The van der Waals surface area contributed by atoms with Crippen molar-refractivity contribution in [2.45, 2.75) is 19.4 Å². The molecule has 1 saturated carbocycles. The van der Waals surface area contributed by atoms with Crippen LogP contribution in [-0.2, 0) is 0 Å². The Bertz CT molecular complexity index is 408. The third kappa shape index (κ3) is 2.06. The molecule has 1 aromatic carbocycles. The van der Waals surface area contributed by atoms with Gasteiger partial charge in [0.1, 0.15) is 11.5 Å². The summed E-state index contributed by atoms with van der Waals surface area (Å²) in [7, 11) is 0. The van der Waals surface area contributed by atoms with Crippen molar-refractivity contribution >= 4 is 11.4 Å². The standard InChI is InChI=1S/C10H11FN2O2/c1-6-4-9(6)12-8-3-2-7(11)5-10(8)13(14)15/h2-3,5-6,9,12H,4H2,1H3. The molecular weight excluding hydrogens is 199 g/mol. The highest BCUT2D eigenvalue weighted by atomic mass is 19.1. The van der Waals surface area contributed by atoms with Crippen molar-refractivity contribution in [3.8, 4) is 0 Å². The topological polar surface area (TPSA) is 55.2 Å². The van der Waals surface area contributed by atoms with Gasteiger partial charge in [0.15, 0.2) is 0 Å². The molecule has 0 heterocycles. The summed E-state index contributed by atoms with van der Waals surface area (Å²) < 4.78 is 12.8. The van der Waals surface area contributed by atoms with E-state index in [2.05, 4.69) is 12.2 Å². The molecule has 2 unspecified atom stereocenters. The molecule has 1 fully saturated rings. The molecular formula is C10H11FN2O2. The number of nitrogens with zero attached hydrogens (tertiary/aromatic N) is 1. The van der Waals surface area contributed by atoms with Gasteiger partial charge in [-0.1, -0.05) is 6.92 Å². The fraction of sp³-hybridized carbons (Fsp3) is 0.400. The predicted octanol–water partition coefficient (Wildman–Crippen LogP) is 2.55. The van der Waals surface area contributed by atoms with E-state index in [0.717, 1.165) is 12.5 Å². The lowest BCUT2D eigenvalue weighted by molar-refractivity contribution is -0.384. The molecule has 1 aliphatic rings. The normalized spacial score (nSPS) is 23.6. The number of nitrogens with one attached hydrogen (secondary N) is 1. The van der Waals surface area contributed by atoms with E-state index >= 15 is 0 Å². The second-order valence-corrected chi connectivity index (χ2v) is 3.88. The molecule has 5 heteroatoms. The zero-order chi connectivity index (χ0) is 11.0. The van der Waals surface area contributed by atoms with Gasteiger partial charge in [0.25, 0.3) is 5.69 Å². The molecule has 2 rings (SSSR count). The van der Waals surface area contributed by atoms with Crippen LogP contribution in [-0.4, -0.2) is 11.0 Å². The summed E-state index contributed by atoms with van der Waals surface area (Å²) in [5.41, 5.74) is 0.199. The molecule has 1 N–H and O–H groups in total. The van der Waals surface area contributed by atoms with Crippen LogP contribution in [0.4, 0.5) is 15.8 Å². The number of anilines is 1. The lowest BCUT2D eigenvalue weighted by atomic mass is 10.2. The van der Waals surface area contributed by atoms with Crippen LogP contribution in [0.25, 0.3) is 0 Å². The van der Waals surface area contributed by atoms with Crippen LogP contribution in [0.5, 0.6) is 0 Å². The monoisotopic (exact) mass is 210 g/mol. The van der Waals surface area contributed by atoms with E-state index in [1.54, 1.807) is 0 Å². The number of rotatable bonds is 3. The molecule has 0 radical (unpaired) electrons.